The highest BCUT2D eigenvalue weighted by molar-refractivity contribution is 7.80. The summed E-state index contributed by atoms with van der Waals surface area (Å²) in [6.45, 7) is 0.922. The van der Waals surface area contributed by atoms with Gasteiger partial charge in [-0.3, -0.25) is 24.2 Å². The Bertz CT molecular complexity index is 1340. The molecule has 0 bridgehead atoms. The Balaban J connectivity index is 2.09. The summed E-state index contributed by atoms with van der Waals surface area (Å²) in [5.41, 5.74) is 12.0. The quantitative estimate of drug-likeness (QED) is 0.0532. The molecule has 8 amide bonds. The van der Waals surface area contributed by atoms with Crippen LogP contribution in [0.1, 0.15) is 36.8 Å². The molecule has 268 valence electrons. The van der Waals surface area contributed by atoms with E-state index in [1.807, 2.05) is 36.4 Å². The van der Waals surface area contributed by atoms with E-state index in [0.29, 0.717) is 25.1 Å². The summed E-state index contributed by atoms with van der Waals surface area (Å²) in [4.78, 5) is 80.4. The van der Waals surface area contributed by atoms with E-state index in [0.717, 1.165) is 11.1 Å². The van der Waals surface area contributed by atoms with Gasteiger partial charge in [-0.25, -0.2) is 9.59 Å². The van der Waals surface area contributed by atoms with Gasteiger partial charge in [0.25, 0.3) is 0 Å². The number of amides is 8. The van der Waals surface area contributed by atoms with Gasteiger partial charge >= 0.3 is 12.1 Å². The van der Waals surface area contributed by atoms with Crippen LogP contribution in [0.5, 0.6) is 0 Å². The van der Waals surface area contributed by atoms with Gasteiger partial charge in [-0.15, -0.1) is 0 Å². The predicted molar refractivity (Wildman–Crippen MR) is 187 cm³/mol. The van der Waals surface area contributed by atoms with E-state index in [9.17, 15) is 28.8 Å². The second-order valence-corrected chi connectivity index (χ2v) is 11.6. The first kappa shape index (κ1) is 40.3. The Morgan fingerprint density at radius 1 is 0.796 bits per heavy atom. The van der Waals surface area contributed by atoms with Crippen molar-refractivity contribution in [3.05, 3.63) is 66.0 Å². The Morgan fingerprint density at radius 3 is 2.10 bits per heavy atom. The van der Waals surface area contributed by atoms with Crippen LogP contribution in [0, 0.1) is 5.92 Å². The average molecular weight is 701 g/mol. The smallest absolute Gasteiger partial charge is 0.312 e. The Hall–Kier alpha value is -4.90. The van der Waals surface area contributed by atoms with Crippen LogP contribution in [0.2, 0.25) is 0 Å². The molecule has 1 aromatic carbocycles. The molecule has 0 spiro atoms. The summed E-state index contributed by atoms with van der Waals surface area (Å²) in [5.74, 6) is -2.10. The molecule has 16 nitrogen and oxygen atoms in total. The van der Waals surface area contributed by atoms with Crippen LogP contribution in [0.15, 0.2) is 54.9 Å². The van der Waals surface area contributed by atoms with Crippen molar-refractivity contribution in [3.8, 4) is 0 Å². The molecular formula is C32H48N10O6S. The molecular weight excluding hydrogens is 652 g/mol. The highest BCUT2D eigenvalue weighted by Crippen LogP contribution is 2.09. The van der Waals surface area contributed by atoms with E-state index >= 15 is 0 Å². The first-order valence-electron chi connectivity index (χ1n) is 16.0. The average Bonchev–Trinajstić information content (AvgIpc) is 3.08. The van der Waals surface area contributed by atoms with Gasteiger partial charge in [0.1, 0.15) is 6.04 Å². The number of nitrogens with two attached hydrogens (primary N) is 2. The van der Waals surface area contributed by atoms with E-state index in [1.165, 1.54) is 4.90 Å². The number of carbonyl (C=O) groups is 6. The number of benzene rings is 1. The number of rotatable bonds is 23. The zero-order valence-electron chi connectivity index (χ0n) is 27.5. The second kappa shape index (κ2) is 23.4. The lowest BCUT2D eigenvalue weighted by atomic mass is 10.0. The predicted octanol–water partition coefficient (Wildman–Crippen LogP) is -0.640. The number of primary amides is 2. The van der Waals surface area contributed by atoms with Crippen LogP contribution in [-0.4, -0.2) is 96.6 Å². The van der Waals surface area contributed by atoms with Crippen LogP contribution >= 0.6 is 12.6 Å². The van der Waals surface area contributed by atoms with Crippen LogP contribution in [0.3, 0.4) is 0 Å². The van der Waals surface area contributed by atoms with Crippen molar-refractivity contribution in [2.24, 2.45) is 17.4 Å². The molecule has 0 aliphatic carbocycles. The molecule has 0 fully saturated rings. The van der Waals surface area contributed by atoms with Gasteiger partial charge in [-0.05, 0) is 42.9 Å². The Morgan fingerprint density at radius 2 is 1.47 bits per heavy atom. The molecule has 2 rings (SSSR count). The van der Waals surface area contributed by atoms with Crippen molar-refractivity contribution >= 4 is 48.3 Å². The first-order valence-corrected chi connectivity index (χ1v) is 16.7. The van der Waals surface area contributed by atoms with Gasteiger partial charge < -0.3 is 48.3 Å². The molecule has 0 saturated carbocycles. The van der Waals surface area contributed by atoms with E-state index in [-0.39, 0.29) is 64.6 Å². The second-order valence-electron chi connectivity index (χ2n) is 11.1. The van der Waals surface area contributed by atoms with Crippen LogP contribution in [0.25, 0.3) is 0 Å². The lowest BCUT2D eigenvalue weighted by Crippen LogP contribution is -2.51. The molecule has 0 saturated heterocycles. The molecule has 17 heteroatoms. The number of hydrogen-bond acceptors (Lipinski definition) is 9. The standard InChI is InChI=1S/C32H48N10O6S/c33-31(47)38-13-5-10-25(29(45)41-26(30(46)37-15-16-49)11-6-14-39-32(34)48)19-40-27(43)22-42(21-23-7-2-1-3-8-23)28(44)20-36-18-24-9-4-12-35-17-24/h1-4,7-9,12,17,25-26,36,49H,5-6,10-11,13-16,18-22H2,(H,37,46)(H,40,43)(H,41,45)(H3,33,38,47)(H3,34,39,48). The van der Waals surface area contributed by atoms with Crippen molar-refractivity contribution in [3.63, 3.8) is 0 Å². The number of aromatic nitrogens is 1. The minimum atomic E-state index is -0.929. The highest BCUT2D eigenvalue weighted by Gasteiger charge is 2.26. The Labute approximate surface area is 291 Å². The molecule has 0 radical (unpaired) electrons. The third-order valence-electron chi connectivity index (χ3n) is 7.19. The zero-order chi connectivity index (χ0) is 35.9. The van der Waals surface area contributed by atoms with Crippen molar-refractivity contribution < 1.29 is 28.8 Å². The molecule has 1 aromatic heterocycles. The lowest BCUT2D eigenvalue weighted by molar-refractivity contribution is -0.136. The molecule has 0 aliphatic rings. The third-order valence-corrected chi connectivity index (χ3v) is 7.41. The van der Waals surface area contributed by atoms with Crippen LogP contribution < -0.4 is 43.4 Å². The topological polar surface area (TPSA) is 243 Å². The lowest BCUT2D eigenvalue weighted by Gasteiger charge is -2.25. The third kappa shape index (κ3) is 17.7. The normalized spacial score (nSPS) is 11.8. The van der Waals surface area contributed by atoms with Crippen LogP contribution in [0.4, 0.5) is 9.59 Å². The number of thiol groups is 1. The largest absolute Gasteiger partial charge is 0.354 e. The summed E-state index contributed by atoms with van der Waals surface area (Å²) in [5, 5.41) is 16.2. The summed E-state index contributed by atoms with van der Waals surface area (Å²) in [7, 11) is 0. The number of nitrogens with zero attached hydrogens (tertiary/aromatic N) is 2. The molecule has 2 unspecified atom stereocenters. The van der Waals surface area contributed by atoms with E-state index in [4.69, 9.17) is 11.5 Å². The van der Waals surface area contributed by atoms with Gasteiger partial charge in [0.2, 0.25) is 23.6 Å². The molecule has 1 heterocycles. The summed E-state index contributed by atoms with van der Waals surface area (Å²) >= 11 is 4.11. The number of urea groups is 2. The van der Waals surface area contributed by atoms with Crippen molar-refractivity contribution in [2.45, 2.75) is 44.8 Å². The van der Waals surface area contributed by atoms with Gasteiger partial charge in [-0.2, -0.15) is 12.6 Å². The number of hydrogen-bond donors (Lipinski definition) is 9. The fraction of sp³-hybridized carbons (Fsp3) is 0.469. The summed E-state index contributed by atoms with van der Waals surface area (Å²) in [6.07, 6.45) is 4.52. The first-order chi connectivity index (χ1) is 23.6. The SMILES string of the molecule is NC(=O)NCCCC(CNC(=O)CN(Cc1ccccc1)C(=O)CNCc1cccnc1)C(=O)NC(CCCNC(N)=O)C(=O)NCCS. The monoisotopic (exact) mass is 700 g/mol. The van der Waals surface area contributed by atoms with Crippen molar-refractivity contribution in [1.82, 2.24) is 41.8 Å². The fourth-order valence-electron chi connectivity index (χ4n) is 4.69. The van der Waals surface area contributed by atoms with Gasteiger partial charge in [-0.1, -0.05) is 36.4 Å². The maximum Gasteiger partial charge on any atom is 0.312 e. The van der Waals surface area contributed by atoms with E-state index in [2.05, 4.69) is 49.5 Å². The van der Waals surface area contributed by atoms with Crippen molar-refractivity contribution in [1.29, 1.82) is 0 Å². The summed E-state index contributed by atoms with van der Waals surface area (Å²) in [6, 6.07) is 10.6. The molecule has 49 heavy (non-hydrogen) atoms. The van der Waals surface area contributed by atoms with Gasteiger partial charge in [0.15, 0.2) is 0 Å². The van der Waals surface area contributed by atoms with Gasteiger partial charge in [0.05, 0.1) is 19.0 Å². The Kier molecular flexibility index (Phi) is 19.3. The molecule has 0 aliphatic heterocycles. The molecule has 2 aromatic rings. The van der Waals surface area contributed by atoms with Crippen molar-refractivity contribution in [2.75, 3.05) is 45.0 Å². The summed E-state index contributed by atoms with van der Waals surface area (Å²) < 4.78 is 0. The minimum absolute atomic E-state index is 0.0153. The maximum atomic E-state index is 13.5. The van der Waals surface area contributed by atoms with E-state index < -0.39 is 41.7 Å². The fourth-order valence-corrected chi connectivity index (χ4v) is 4.81. The number of nitrogens with one attached hydrogen (secondary N) is 6. The highest BCUT2D eigenvalue weighted by atomic mass is 32.1. The minimum Gasteiger partial charge on any atom is -0.354 e. The van der Waals surface area contributed by atoms with E-state index in [1.54, 1.807) is 18.5 Å². The number of carbonyl (C=O) groups excluding carboxylic acids is 6. The number of pyridine rings is 1. The van der Waals surface area contributed by atoms with Crippen LogP contribution in [-0.2, 0) is 32.3 Å². The zero-order valence-corrected chi connectivity index (χ0v) is 28.4. The van der Waals surface area contributed by atoms with Gasteiger partial charge in [0, 0.05) is 57.4 Å². The molecule has 2 atom stereocenters. The molecule has 10 N–H and O–H groups in total. The maximum absolute atomic E-state index is 13.5.